The normalized spacial score (nSPS) is 10.0. The molecule has 6 nitrogen and oxygen atoms in total. The van der Waals surface area contributed by atoms with E-state index in [1.54, 1.807) is 24.0 Å². The molecule has 0 aliphatic heterocycles. The number of benzene rings is 1. The maximum absolute atomic E-state index is 11.9. The minimum atomic E-state index is -1.12. The SMILES string of the molecule is CCOc1cccc(C(=O)O)c1OCC(=O)N(CC)CC. The fourth-order valence-electron chi connectivity index (χ4n) is 1.90. The van der Waals surface area contributed by atoms with Gasteiger partial charge in [0, 0.05) is 13.1 Å². The lowest BCUT2D eigenvalue weighted by molar-refractivity contribution is -0.133. The number of carboxylic acid groups (broad SMARTS) is 1. The molecule has 1 amide bonds. The van der Waals surface area contributed by atoms with Gasteiger partial charge >= 0.3 is 5.97 Å². The number of amides is 1. The summed E-state index contributed by atoms with van der Waals surface area (Å²) >= 11 is 0. The van der Waals surface area contributed by atoms with Crippen LogP contribution in [0.1, 0.15) is 31.1 Å². The van der Waals surface area contributed by atoms with Crippen LogP contribution in [0.4, 0.5) is 0 Å². The Hall–Kier alpha value is -2.24. The third-order valence-electron chi connectivity index (χ3n) is 2.97. The monoisotopic (exact) mass is 295 g/mol. The zero-order valence-corrected chi connectivity index (χ0v) is 12.6. The van der Waals surface area contributed by atoms with Gasteiger partial charge in [0.05, 0.1) is 6.61 Å². The van der Waals surface area contributed by atoms with E-state index in [4.69, 9.17) is 9.47 Å². The minimum absolute atomic E-state index is 0.0201. The third kappa shape index (κ3) is 4.37. The minimum Gasteiger partial charge on any atom is -0.490 e. The number of nitrogens with zero attached hydrogens (tertiary/aromatic N) is 1. The fraction of sp³-hybridized carbons (Fsp3) is 0.467. The highest BCUT2D eigenvalue weighted by atomic mass is 16.5. The largest absolute Gasteiger partial charge is 0.490 e. The molecule has 1 rings (SSSR count). The van der Waals surface area contributed by atoms with Crippen LogP contribution in [0.2, 0.25) is 0 Å². The van der Waals surface area contributed by atoms with Crippen molar-refractivity contribution in [3.8, 4) is 11.5 Å². The van der Waals surface area contributed by atoms with Gasteiger partial charge in [-0.1, -0.05) is 6.07 Å². The van der Waals surface area contributed by atoms with Gasteiger partial charge in [0.25, 0.3) is 5.91 Å². The van der Waals surface area contributed by atoms with E-state index in [1.165, 1.54) is 6.07 Å². The van der Waals surface area contributed by atoms with Crippen LogP contribution < -0.4 is 9.47 Å². The molecule has 1 aromatic rings. The molecule has 0 heterocycles. The zero-order valence-electron chi connectivity index (χ0n) is 12.6. The van der Waals surface area contributed by atoms with Crippen LogP contribution in [0, 0.1) is 0 Å². The second-order valence-electron chi connectivity index (χ2n) is 4.23. The first-order valence-electron chi connectivity index (χ1n) is 6.94. The summed E-state index contributed by atoms with van der Waals surface area (Å²) in [5, 5.41) is 9.19. The summed E-state index contributed by atoms with van der Waals surface area (Å²) in [6, 6.07) is 4.61. The second-order valence-corrected chi connectivity index (χ2v) is 4.23. The number of carbonyl (C=O) groups is 2. The molecular formula is C15H21NO5. The molecule has 116 valence electrons. The lowest BCUT2D eigenvalue weighted by Crippen LogP contribution is -2.34. The summed E-state index contributed by atoms with van der Waals surface area (Å²) < 4.78 is 10.8. The summed E-state index contributed by atoms with van der Waals surface area (Å²) in [4.78, 5) is 24.8. The number of carbonyl (C=O) groups excluding carboxylic acids is 1. The molecule has 0 bridgehead atoms. The Balaban J connectivity index is 2.94. The highest BCUT2D eigenvalue weighted by Gasteiger charge is 2.19. The van der Waals surface area contributed by atoms with Crippen molar-refractivity contribution in [3.63, 3.8) is 0 Å². The topological polar surface area (TPSA) is 76.1 Å². The van der Waals surface area contributed by atoms with Gasteiger partial charge < -0.3 is 19.5 Å². The van der Waals surface area contributed by atoms with Gasteiger partial charge in [-0.2, -0.15) is 0 Å². The van der Waals surface area contributed by atoms with Crippen LogP contribution in [0.3, 0.4) is 0 Å². The van der Waals surface area contributed by atoms with Crippen molar-refractivity contribution in [2.75, 3.05) is 26.3 Å². The van der Waals surface area contributed by atoms with Gasteiger partial charge in [-0.3, -0.25) is 4.79 Å². The molecule has 0 atom stereocenters. The van der Waals surface area contributed by atoms with E-state index in [0.29, 0.717) is 25.4 Å². The summed E-state index contributed by atoms with van der Waals surface area (Å²) in [6.45, 7) is 6.86. The third-order valence-corrected chi connectivity index (χ3v) is 2.97. The molecule has 21 heavy (non-hydrogen) atoms. The molecule has 1 aromatic carbocycles. The molecule has 0 aliphatic carbocycles. The Kier molecular flexibility index (Phi) is 6.52. The molecule has 0 saturated heterocycles. The van der Waals surface area contributed by atoms with Crippen LogP contribution in [0.25, 0.3) is 0 Å². The lowest BCUT2D eigenvalue weighted by Gasteiger charge is -2.20. The Morgan fingerprint density at radius 3 is 2.33 bits per heavy atom. The van der Waals surface area contributed by atoms with Crippen LogP contribution in [0.5, 0.6) is 11.5 Å². The average molecular weight is 295 g/mol. The lowest BCUT2D eigenvalue weighted by atomic mass is 10.2. The molecule has 6 heteroatoms. The summed E-state index contributed by atoms with van der Waals surface area (Å²) in [5.41, 5.74) is -0.0201. The predicted molar refractivity (Wildman–Crippen MR) is 78.0 cm³/mol. The van der Waals surface area contributed by atoms with Crippen molar-refractivity contribution in [1.82, 2.24) is 4.90 Å². The van der Waals surface area contributed by atoms with Gasteiger partial charge in [0.1, 0.15) is 5.56 Å². The molecule has 1 N–H and O–H groups in total. The molecule has 0 aliphatic rings. The van der Waals surface area contributed by atoms with Gasteiger partial charge in [-0.25, -0.2) is 4.79 Å². The van der Waals surface area contributed by atoms with Gasteiger partial charge in [-0.15, -0.1) is 0 Å². The van der Waals surface area contributed by atoms with Crippen LogP contribution >= 0.6 is 0 Å². The van der Waals surface area contributed by atoms with Crippen molar-refractivity contribution in [1.29, 1.82) is 0 Å². The highest BCUT2D eigenvalue weighted by molar-refractivity contribution is 5.92. The quantitative estimate of drug-likeness (QED) is 0.794. The van der Waals surface area contributed by atoms with E-state index >= 15 is 0 Å². The Morgan fingerprint density at radius 2 is 1.81 bits per heavy atom. The van der Waals surface area contributed by atoms with Crippen molar-refractivity contribution in [2.45, 2.75) is 20.8 Å². The molecule has 0 unspecified atom stereocenters. The number of likely N-dealkylation sites (N-methyl/N-ethyl adjacent to an activating group) is 1. The van der Waals surface area contributed by atoms with Gasteiger partial charge in [-0.05, 0) is 32.9 Å². The standard InChI is InChI=1S/C15H21NO5/c1-4-16(5-2)13(17)10-21-14-11(15(18)19)8-7-9-12(14)20-6-3/h7-9H,4-6,10H2,1-3H3,(H,18,19). The number of hydrogen-bond donors (Lipinski definition) is 1. The average Bonchev–Trinajstić information content (AvgIpc) is 2.47. The van der Waals surface area contributed by atoms with Crippen molar-refractivity contribution >= 4 is 11.9 Å². The molecule has 0 aromatic heterocycles. The van der Waals surface area contributed by atoms with Crippen molar-refractivity contribution in [3.05, 3.63) is 23.8 Å². The first kappa shape index (κ1) is 16.8. The molecule has 0 spiro atoms. The predicted octanol–water partition coefficient (Wildman–Crippen LogP) is 2.03. The van der Waals surface area contributed by atoms with Gasteiger partial charge in [0.2, 0.25) is 0 Å². The Bertz CT molecular complexity index is 497. The van der Waals surface area contributed by atoms with Crippen LogP contribution in [-0.2, 0) is 4.79 Å². The molecule has 0 saturated carbocycles. The van der Waals surface area contributed by atoms with Crippen molar-refractivity contribution < 1.29 is 24.2 Å². The number of rotatable bonds is 8. The Labute approximate surface area is 124 Å². The number of carboxylic acids is 1. The number of para-hydroxylation sites is 1. The summed E-state index contributed by atoms with van der Waals surface area (Å²) in [6.07, 6.45) is 0. The van der Waals surface area contributed by atoms with E-state index in [1.807, 2.05) is 13.8 Å². The van der Waals surface area contributed by atoms with Crippen molar-refractivity contribution in [2.24, 2.45) is 0 Å². The maximum Gasteiger partial charge on any atom is 0.339 e. The fourth-order valence-corrected chi connectivity index (χ4v) is 1.90. The summed E-state index contributed by atoms with van der Waals surface area (Å²) in [5.74, 6) is -0.901. The molecular weight excluding hydrogens is 274 g/mol. The first-order valence-corrected chi connectivity index (χ1v) is 6.94. The van der Waals surface area contributed by atoms with E-state index in [9.17, 15) is 14.7 Å². The number of aromatic carboxylic acids is 1. The van der Waals surface area contributed by atoms with E-state index in [0.717, 1.165) is 0 Å². The van der Waals surface area contributed by atoms with Gasteiger partial charge in [0.15, 0.2) is 18.1 Å². The second kappa shape index (κ2) is 8.14. The highest BCUT2D eigenvalue weighted by Crippen LogP contribution is 2.31. The molecule has 0 radical (unpaired) electrons. The smallest absolute Gasteiger partial charge is 0.339 e. The van der Waals surface area contributed by atoms with Crippen LogP contribution in [-0.4, -0.2) is 48.2 Å². The Morgan fingerprint density at radius 1 is 1.14 bits per heavy atom. The number of ether oxygens (including phenoxy) is 2. The molecule has 0 fully saturated rings. The first-order chi connectivity index (χ1) is 10.0. The zero-order chi connectivity index (χ0) is 15.8. The summed E-state index contributed by atoms with van der Waals surface area (Å²) in [7, 11) is 0. The van der Waals surface area contributed by atoms with E-state index in [2.05, 4.69) is 0 Å². The van der Waals surface area contributed by atoms with Crippen LogP contribution in [0.15, 0.2) is 18.2 Å². The van der Waals surface area contributed by atoms with E-state index < -0.39 is 5.97 Å². The maximum atomic E-state index is 11.9. The van der Waals surface area contributed by atoms with E-state index in [-0.39, 0.29) is 23.8 Å². The number of hydrogen-bond acceptors (Lipinski definition) is 4.